The SMILES string of the molecule is CCCOCCC(=O)N1CC[C@H](O)C1. The normalized spacial score (nSPS) is 21.6. The Morgan fingerprint density at radius 3 is 2.93 bits per heavy atom. The zero-order chi connectivity index (χ0) is 10.4. The summed E-state index contributed by atoms with van der Waals surface area (Å²) >= 11 is 0. The van der Waals surface area contributed by atoms with Crippen molar-refractivity contribution in [1.29, 1.82) is 0 Å². The maximum absolute atomic E-state index is 11.5. The van der Waals surface area contributed by atoms with Crippen molar-refractivity contribution in [3.63, 3.8) is 0 Å². The van der Waals surface area contributed by atoms with Crippen LogP contribution in [0, 0.1) is 0 Å². The van der Waals surface area contributed by atoms with Gasteiger partial charge in [0.1, 0.15) is 0 Å². The first-order valence-corrected chi connectivity index (χ1v) is 5.27. The van der Waals surface area contributed by atoms with Crippen molar-refractivity contribution in [3.8, 4) is 0 Å². The molecule has 1 heterocycles. The number of amides is 1. The molecule has 4 heteroatoms. The van der Waals surface area contributed by atoms with Crippen LogP contribution in [0.1, 0.15) is 26.2 Å². The summed E-state index contributed by atoms with van der Waals surface area (Å²) < 4.78 is 5.23. The summed E-state index contributed by atoms with van der Waals surface area (Å²) in [6, 6.07) is 0. The molecule has 0 aromatic carbocycles. The van der Waals surface area contributed by atoms with Gasteiger partial charge in [-0.2, -0.15) is 0 Å². The Balaban J connectivity index is 2.09. The van der Waals surface area contributed by atoms with Gasteiger partial charge in [-0.1, -0.05) is 6.92 Å². The first kappa shape index (κ1) is 11.5. The average Bonchev–Trinajstić information content (AvgIpc) is 2.59. The third-order valence-corrected chi connectivity index (χ3v) is 2.32. The van der Waals surface area contributed by atoms with E-state index in [4.69, 9.17) is 4.74 Å². The minimum absolute atomic E-state index is 0.0950. The highest BCUT2D eigenvalue weighted by Gasteiger charge is 2.23. The van der Waals surface area contributed by atoms with Crippen LogP contribution in [-0.2, 0) is 9.53 Å². The summed E-state index contributed by atoms with van der Waals surface area (Å²) in [7, 11) is 0. The Morgan fingerprint density at radius 2 is 2.36 bits per heavy atom. The van der Waals surface area contributed by atoms with Gasteiger partial charge in [0, 0.05) is 19.7 Å². The zero-order valence-corrected chi connectivity index (χ0v) is 8.74. The van der Waals surface area contributed by atoms with Crippen molar-refractivity contribution in [2.45, 2.75) is 32.3 Å². The highest BCUT2D eigenvalue weighted by Crippen LogP contribution is 2.09. The lowest BCUT2D eigenvalue weighted by atomic mass is 10.3. The number of likely N-dealkylation sites (tertiary alicyclic amines) is 1. The number of rotatable bonds is 5. The minimum Gasteiger partial charge on any atom is -0.391 e. The fourth-order valence-corrected chi connectivity index (χ4v) is 1.53. The van der Waals surface area contributed by atoms with Crippen molar-refractivity contribution in [1.82, 2.24) is 4.90 Å². The number of carbonyl (C=O) groups excluding carboxylic acids is 1. The quantitative estimate of drug-likeness (QED) is 0.655. The summed E-state index contributed by atoms with van der Waals surface area (Å²) in [5.74, 6) is 0.0950. The lowest BCUT2D eigenvalue weighted by Crippen LogP contribution is -2.30. The lowest BCUT2D eigenvalue weighted by Gasteiger charge is -2.15. The van der Waals surface area contributed by atoms with Crippen molar-refractivity contribution in [3.05, 3.63) is 0 Å². The molecule has 0 unspecified atom stereocenters. The Hall–Kier alpha value is -0.610. The van der Waals surface area contributed by atoms with E-state index >= 15 is 0 Å². The molecule has 0 bridgehead atoms. The summed E-state index contributed by atoms with van der Waals surface area (Å²) in [5, 5.41) is 9.23. The van der Waals surface area contributed by atoms with E-state index in [-0.39, 0.29) is 12.0 Å². The molecule has 0 saturated carbocycles. The molecule has 1 amide bonds. The number of carbonyl (C=O) groups is 1. The molecule has 1 aliphatic heterocycles. The molecular weight excluding hydrogens is 182 g/mol. The fourth-order valence-electron chi connectivity index (χ4n) is 1.53. The van der Waals surface area contributed by atoms with E-state index in [1.54, 1.807) is 4.90 Å². The molecule has 1 atom stereocenters. The molecule has 0 aromatic rings. The van der Waals surface area contributed by atoms with Gasteiger partial charge in [0.05, 0.1) is 19.1 Å². The maximum atomic E-state index is 11.5. The fraction of sp³-hybridized carbons (Fsp3) is 0.900. The van der Waals surface area contributed by atoms with Crippen LogP contribution in [-0.4, -0.2) is 48.3 Å². The van der Waals surface area contributed by atoms with Gasteiger partial charge >= 0.3 is 0 Å². The lowest BCUT2D eigenvalue weighted by molar-refractivity contribution is -0.131. The molecule has 0 aliphatic carbocycles. The van der Waals surface area contributed by atoms with E-state index in [1.165, 1.54) is 0 Å². The summed E-state index contributed by atoms with van der Waals surface area (Å²) in [4.78, 5) is 13.2. The number of hydrogen-bond donors (Lipinski definition) is 1. The second-order valence-electron chi connectivity index (χ2n) is 3.64. The van der Waals surface area contributed by atoms with E-state index in [0.717, 1.165) is 13.0 Å². The molecule has 1 aliphatic rings. The molecule has 1 saturated heterocycles. The smallest absolute Gasteiger partial charge is 0.224 e. The number of hydrogen-bond acceptors (Lipinski definition) is 3. The number of β-amino-alcohol motifs (C(OH)–C–C–N with tert-alkyl or cyclic N) is 1. The van der Waals surface area contributed by atoms with E-state index < -0.39 is 0 Å². The van der Waals surface area contributed by atoms with E-state index in [2.05, 4.69) is 0 Å². The topological polar surface area (TPSA) is 49.8 Å². The van der Waals surface area contributed by atoms with Gasteiger partial charge in [-0.25, -0.2) is 0 Å². The molecule has 1 rings (SSSR count). The predicted octanol–water partition coefficient (Wildman–Crippen LogP) is 0.396. The van der Waals surface area contributed by atoms with Crippen LogP contribution < -0.4 is 0 Å². The van der Waals surface area contributed by atoms with E-state index in [0.29, 0.717) is 32.5 Å². The van der Waals surface area contributed by atoms with Crippen LogP contribution in [0.5, 0.6) is 0 Å². The minimum atomic E-state index is -0.324. The third-order valence-electron chi connectivity index (χ3n) is 2.32. The van der Waals surface area contributed by atoms with Gasteiger partial charge < -0.3 is 14.7 Å². The number of ether oxygens (including phenoxy) is 1. The van der Waals surface area contributed by atoms with Crippen molar-refractivity contribution >= 4 is 5.91 Å². The molecule has 14 heavy (non-hydrogen) atoms. The van der Waals surface area contributed by atoms with Crippen LogP contribution in [0.25, 0.3) is 0 Å². The number of aliphatic hydroxyl groups excluding tert-OH is 1. The summed E-state index contributed by atoms with van der Waals surface area (Å²) in [6.45, 7) is 4.44. The second kappa shape index (κ2) is 5.98. The summed E-state index contributed by atoms with van der Waals surface area (Å²) in [5.41, 5.74) is 0. The van der Waals surface area contributed by atoms with Crippen molar-refractivity contribution in [2.24, 2.45) is 0 Å². The van der Waals surface area contributed by atoms with Crippen LogP contribution in [0.4, 0.5) is 0 Å². The molecule has 4 nitrogen and oxygen atoms in total. The van der Waals surface area contributed by atoms with Gasteiger partial charge in [-0.3, -0.25) is 4.79 Å². The van der Waals surface area contributed by atoms with Gasteiger partial charge in [0.15, 0.2) is 0 Å². The van der Waals surface area contributed by atoms with Crippen molar-refractivity contribution < 1.29 is 14.6 Å². The first-order chi connectivity index (χ1) is 6.74. The Morgan fingerprint density at radius 1 is 1.57 bits per heavy atom. The first-order valence-electron chi connectivity index (χ1n) is 5.27. The second-order valence-corrected chi connectivity index (χ2v) is 3.64. The molecule has 0 radical (unpaired) electrons. The van der Waals surface area contributed by atoms with E-state index in [9.17, 15) is 9.90 Å². The van der Waals surface area contributed by atoms with Gasteiger partial charge in [-0.15, -0.1) is 0 Å². The van der Waals surface area contributed by atoms with Crippen LogP contribution in [0.2, 0.25) is 0 Å². The molecular formula is C10H19NO3. The van der Waals surface area contributed by atoms with Crippen LogP contribution >= 0.6 is 0 Å². The maximum Gasteiger partial charge on any atom is 0.224 e. The molecule has 1 fully saturated rings. The van der Waals surface area contributed by atoms with Gasteiger partial charge in [-0.05, 0) is 12.8 Å². The molecule has 1 N–H and O–H groups in total. The Labute approximate surface area is 84.8 Å². The van der Waals surface area contributed by atoms with Gasteiger partial charge in [0.25, 0.3) is 0 Å². The highest BCUT2D eigenvalue weighted by molar-refractivity contribution is 5.76. The molecule has 0 aromatic heterocycles. The highest BCUT2D eigenvalue weighted by atomic mass is 16.5. The Kier molecular flexibility index (Phi) is 4.90. The third kappa shape index (κ3) is 3.64. The largest absolute Gasteiger partial charge is 0.391 e. The standard InChI is InChI=1S/C10H19NO3/c1-2-6-14-7-4-10(13)11-5-3-9(12)8-11/h9,12H,2-8H2,1H3/t9-/m0/s1. The number of nitrogens with zero attached hydrogens (tertiary/aromatic N) is 1. The van der Waals surface area contributed by atoms with Crippen molar-refractivity contribution in [2.75, 3.05) is 26.3 Å². The van der Waals surface area contributed by atoms with Gasteiger partial charge in [0.2, 0.25) is 5.91 Å². The van der Waals surface area contributed by atoms with Crippen LogP contribution in [0.3, 0.4) is 0 Å². The average molecular weight is 201 g/mol. The summed E-state index contributed by atoms with van der Waals surface area (Å²) in [6.07, 6.45) is 1.81. The van der Waals surface area contributed by atoms with Crippen LogP contribution in [0.15, 0.2) is 0 Å². The molecule has 0 spiro atoms. The zero-order valence-electron chi connectivity index (χ0n) is 8.74. The number of aliphatic hydroxyl groups is 1. The van der Waals surface area contributed by atoms with E-state index in [1.807, 2.05) is 6.92 Å². The Bertz CT molecular complexity index is 184. The molecule has 82 valence electrons. The monoisotopic (exact) mass is 201 g/mol. The predicted molar refractivity (Wildman–Crippen MR) is 52.9 cm³/mol.